The molecule has 1 N–H and O–H groups in total. The number of benzene rings is 3. The maximum atomic E-state index is 13.6. The van der Waals surface area contributed by atoms with Gasteiger partial charge >= 0.3 is 0 Å². The van der Waals surface area contributed by atoms with Crippen LogP contribution in [0.15, 0.2) is 72.3 Å². The van der Waals surface area contributed by atoms with Crippen LogP contribution in [0, 0.1) is 17.1 Å². The van der Waals surface area contributed by atoms with Gasteiger partial charge in [-0.1, -0.05) is 12.1 Å². The van der Waals surface area contributed by atoms with Gasteiger partial charge in [0, 0.05) is 17.7 Å². The summed E-state index contributed by atoms with van der Waals surface area (Å²) in [5, 5.41) is 20.3. The number of rotatable bonds is 3. The maximum Gasteiger partial charge on any atom is 0.300 e. The molecule has 5 rings (SSSR count). The Kier molecular flexibility index (Phi) is 4.91. The third kappa shape index (κ3) is 3.42. The second kappa shape index (κ2) is 7.92. The predicted molar refractivity (Wildman–Crippen MR) is 118 cm³/mol. The standard InChI is InChI=1S/C26H17FN2O4/c27-19-6-3-16(4-7-19)23-22(24(30)18-5-10-21-17(13-18)11-12-33-21)25(31)26(32)29(23)20-8-1-15(14-28)2-9-20/h1-10,13,23,30H,11-12H2/b24-22-. The Hall–Kier alpha value is -4.44. The van der Waals surface area contributed by atoms with E-state index in [4.69, 9.17) is 10.00 Å². The molecule has 1 fully saturated rings. The van der Waals surface area contributed by atoms with Crippen molar-refractivity contribution in [1.82, 2.24) is 0 Å². The van der Waals surface area contributed by atoms with Crippen LogP contribution in [0.4, 0.5) is 10.1 Å². The molecule has 2 heterocycles. The molecule has 0 aliphatic carbocycles. The molecule has 1 unspecified atom stereocenters. The van der Waals surface area contributed by atoms with Gasteiger partial charge in [0.15, 0.2) is 0 Å². The van der Waals surface area contributed by atoms with Crippen LogP contribution in [0.5, 0.6) is 5.75 Å². The molecule has 2 aliphatic rings. The lowest BCUT2D eigenvalue weighted by Crippen LogP contribution is -2.29. The van der Waals surface area contributed by atoms with Crippen LogP contribution < -0.4 is 9.64 Å². The number of aliphatic hydroxyl groups excluding tert-OH is 1. The molecule has 3 aromatic rings. The summed E-state index contributed by atoms with van der Waals surface area (Å²) in [5.74, 6) is -1.72. The van der Waals surface area contributed by atoms with Crippen LogP contribution >= 0.6 is 0 Å². The molecule has 0 saturated carbocycles. The molecule has 3 aromatic carbocycles. The van der Waals surface area contributed by atoms with Crippen molar-refractivity contribution in [3.05, 3.63) is 100 Å². The Balaban J connectivity index is 1.69. The minimum atomic E-state index is -0.969. The van der Waals surface area contributed by atoms with Gasteiger partial charge in [-0.25, -0.2) is 4.39 Å². The van der Waals surface area contributed by atoms with Crippen molar-refractivity contribution in [2.75, 3.05) is 11.5 Å². The highest BCUT2D eigenvalue weighted by Crippen LogP contribution is 2.42. The summed E-state index contributed by atoms with van der Waals surface area (Å²) < 4.78 is 19.1. The number of nitrogens with zero attached hydrogens (tertiary/aromatic N) is 2. The first-order valence-corrected chi connectivity index (χ1v) is 10.3. The lowest BCUT2D eigenvalue weighted by atomic mass is 9.94. The summed E-state index contributed by atoms with van der Waals surface area (Å²) >= 11 is 0. The summed E-state index contributed by atoms with van der Waals surface area (Å²) in [5.41, 5.74) is 2.45. The number of hydrogen-bond acceptors (Lipinski definition) is 5. The van der Waals surface area contributed by atoms with Crippen molar-refractivity contribution >= 4 is 23.1 Å². The largest absolute Gasteiger partial charge is 0.507 e. The molecule has 0 bridgehead atoms. The van der Waals surface area contributed by atoms with Crippen LogP contribution in [0.2, 0.25) is 0 Å². The Bertz CT molecular complexity index is 1350. The van der Waals surface area contributed by atoms with Crippen LogP contribution in [-0.2, 0) is 16.0 Å². The summed E-state index contributed by atoms with van der Waals surface area (Å²) in [4.78, 5) is 27.5. The lowest BCUT2D eigenvalue weighted by molar-refractivity contribution is -0.132. The maximum absolute atomic E-state index is 13.6. The Morgan fingerprint density at radius 1 is 1.06 bits per heavy atom. The van der Waals surface area contributed by atoms with Gasteiger partial charge in [-0.05, 0) is 65.7 Å². The van der Waals surface area contributed by atoms with Crippen LogP contribution in [0.3, 0.4) is 0 Å². The van der Waals surface area contributed by atoms with Gasteiger partial charge in [-0.3, -0.25) is 14.5 Å². The van der Waals surface area contributed by atoms with E-state index in [-0.39, 0.29) is 11.3 Å². The van der Waals surface area contributed by atoms with Gasteiger partial charge in [0.1, 0.15) is 17.3 Å². The molecule has 0 radical (unpaired) electrons. The smallest absolute Gasteiger partial charge is 0.300 e. The number of Topliss-reactive ketones (excluding diaryl/α,β-unsaturated/α-hetero) is 1. The van der Waals surface area contributed by atoms with Crippen molar-refractivity contribution < 1.29 is 23.8 Å². The van der Waals surface area contributed by atoms with E-state index in [1.54, 1.807) is 30.3 Å². The van der Waals surface area contributed by atoms with Gasteiger partial charge in [0.25, 0.3) is 11.7 Å². The highest BCUT2D eigenvalue weighted by atomic mass is 19.1. The minimum Gasteiger partial charge on any atom is -0.507 e. The monoisotopic (exact) mass is 440 g/mol. The molecule has 6 nitrogen and oxygen atoms in total. The second-order valence-electron chi connectivity index (χ2n) is 7.80. The van der Waals surface area contributed by atoms with Crippen LogP contribution in [0.1, 0.15) is 28.3 Å². The van der Waals surface area contributed by atoms with Crippen LogP contribution in [-0.4, -0.2) is 23.4 Å². The van der Waals surface area contributed by atoms with E-state index in [1.807, 2.05) is 6.07 Å². The van der Waals surface area contributed by atoms with Crippen LogP contribution in [0.25, 0.3) is 5.76 Å². The van der Waals surface area contributed by atoms with E-state index in [0.29, 0.717) is 35.4 Å². The fraction of sp³-hybridized carbons (Fsp3) is 0.115. The number of fused-ring (bicyclic) bond motifs is 1. The second-order valence-corrected chi connectivity index (χ2v) is 7.80. The van der Waals surface area contributed by atoms with Crippen molar-refractivity contribution in [2.45, 2.75) is 12.5 Å². The fourth-order valence-electron chi connectivity index (χ4n) is 4.25. The Labute approximate surface area is 188 Å². The molecule has 1 atom stereocenters. The molecule has 162 valence electrons. The van der Waals surface area contributed by atoms with Gasteiger partial charge in [-0.2, -0.15) is 5.26 Å². The normalized spacial score (nSPS) is 18.7. The summed E-state index contributed by atoms with van der Waals surface area (Å²) in [6, 6.07) is 17.8. The zero-order chi connectivity index (χ0) is 23.1. The SMILES string of the molecule is N#Cc1ccc(N2C(=O)C(=O)/C(=C(\O)c3ccc4c(c3)CCO4)C2c2ccc(F)cc2)cc1. The number of carbonyl (C=O) groups excluding carboxylic acids is 2. The molecule has 0 aromatic heterocycles. The average Bonchev–Trinajstić information content (AvgIpc) is 3.41. The number of ether oxygens (including phenoxy) is 1. The van der Waals surface area contributed by atoms with E-state index >= 15 is 0 Å². The minimum absolute atomic E-state index is 0.0881. The molecule has 0 spiro atoms. The first kappa shape index (κ1) is 20.5. The van der Waals surface area contributed by atoms with E-state index in [9.17, 15) is 19.1 Å². The molecular weight excluding hydrogens is 423 g/mol. The molecule has 1 saturated heterocycles. The first-order chi connectivity index (χ1) is 16.0. The zero-order valence-electron chi connectivity index (χ0n) is 17.3. The number of aliphatic hydroxyl groups is 1. The molecular formula is C26H17FN2O4. The number of amides is 1. The summed E-state index contributed by atoms with van der Waals surface area (Å²) in [7, 11) is 0. The number of nitriles is 1. The number of hydrogen-bond donors (Lipinski definition) is 1. The van der Waals surface area contributed by atoms with Gasteiger partial charge in [0.05, 0.1) is 29.9 Å². The number of ketones is 1. The van der Waals surface area contributed by atoms with E-state index in [0.717, 1.165) is 11.3 Å². The first-order valence-electron chi connectivity index (χ1n) is 10.3. The molecule has 33 heavy (non-hydrogen) atoms. The third-order valence-corrected chi connectivity index (χ3v) is 5.87. The van der Waals surface area contributed by atoms with Gasteiger partial charge in [-0.15, -0.1) is 0 Å². The topological polar surface area (TPSA) is 90.6 Å². The zero-order valence-corrected chi connectivity index (χ0v) is 17.3. The Morgan fingerprint density at radius 2 is 1.79 bits per heavy atom. The highest BCUT2D eigenvalue weighted by molar-refractivity contribution is 6.51. The average molecular weight is 440 g/mol. The number of carbonyl (C=O) groups is 2. The fourth-order valence-corrected chi connectivity index (χ4v) is 4.25. The van der Waals surface area contributed by atoms with Crippen molar-refractivity contribution in [3.63, 3.8) is 0 Å². The Morgan fingerprint density at radius 3 is 2.48 bits per heavy atom. The third-order valence-electron chi connectivity index (χ3n) is 5.87. The number of anilines is 1. The quantitative estimate of drug-likeness (QED) is 0.373. The van der Waals surface area contributed by atoms with E-state index in [2.05, 4.69) is 0 Å². The van der Waals surface area contributed by atoms with Crippen molar-refractivity contribution in [3.8, 4) is 11.8 Å². The molecule has 2 aliphatic heterocycles. The molecule has 7 heteroatoms. The highest BCUT2D eigenvalue weighted by Gasteiger charge is 2.47. The van der Waals surface area contributed by atoms with Gasteiger partial charge < -0.3 is 9.84 Å². The molecule has 1 amide bonds. The predicted octanol–water partition coefficient (Wildman–Crippen LogP) is 4.26. The van der Waals surface area contributed by atoms with Crippen molar-refractivity contribution in [1.29, 1.82) is 5.26 Å². The van der Waals surface area contributed by atoms with E-state index < -0.39 is 23.5 Å². The van der Waals surface area contributed by atoms with E-state index in [1.165, 1.54) is 41.3 Å². The summed E-state index contributed by atoms with van der Waals surface area (Å²) in [6.07, 6.45) is 0.678. The van der Waals surface area contributed by atoms with Crippen molar-refractivity contribution in [2.24, 2.45) is 0 Å². The lowest BCUT2D eigenvalue weighted by Gasteiger charge is -2.25. The van der Waals surface area contributed by atoms with Gasteiger partial charge in [0.2, 0.25) is 0 Å². The summed E-state index contributed by atoms with van der Waals surface area (Å²) in [6.45, 7) is 0.540. The number of halogens is 1.